The van der Waals surface area contributed by atoms with Crippen molar-refractivity contribution in [3.63, 3.8) is 0 Å². The highest BCUT2D eigenvalue weighted by atomic mass is 15.0. The van der Waals surface area contributed by atoms with Crippen LogP contribution in [-0.4, -0.2) is 14.5 Å². The first-order valence-corrected chi connectivity index (χ1v) is 13.3. The first kappa shape index (κ1) is 22.0. The average Bonchev–Trinajstić information content (AvgIpc) is 3.31. The summed E-state index contributed by atoms with van der Waals surface area (Å²) in [6.45, 7) is 4.29. The molecule has 0 unspecified atom stereocenters. The third kappa shape index (κ3) is 3.30. The van der Waals surface area contributed by atoms with Gasteiger partial charge in [0.1, 0.15) is 0 Å². The Labute approximate surface area is 226 Å². The van der Waals surface area contributed by atoms with Gasteiger partial charge in [0.2, 0.25) is 0 Å². The van der Waals surface area contributed by atoms with Crippen LogP contribution in [0.5, 0.6) is 0 Å². The molecule has 0 bridgehead atoms. The van der Waals surface area contributed by atoms with E-state index in [9.17, 15) is 0 Å². The molecule has 0 saturated heterocycles. The van der Waals surface area contributed by atoms with Crippen molar-refractivity contribution < 1.29 is 0 Å². The fourth-order valence-electron chi connectivity index (χ4n) is 6.09. The molecule has 0 aliphatic heterocycles. The molecule has 0 aliphatic carbocycles. The third-order valence-corrected chi connectivity index (χ3v) is 7.90. The molecule has 8 rings (SSSR count). The maximum atomic E-state index is 5.25. The SMILES string of the molecule is Cc1ccc2c(c1)c1cc(C)ccc1c1nc(-c3cccc(-n4c5ccccc5c5ccccc54)c3)cnc21. The number of nitrogens with zero attached hydrogens (tertiary/aromatic N) is 3. The molecule has 0 fully saturated rings. The molecule has 6 aromatic carbocycles. The molecular formula is C36H25N3. The van der Waals surface area contributed by atoms with Crippen LogP contribution in [0, 0.1) is 13.8 Å². The summed E-state index contributed by atoms with van der Waals surface area (Å²) in [6, 6.07) is 39.1. The molecule has 8 aromatic rings. The summed E-state index contributed by atoms with van der Waals surface area (Å²) in [5.41, 5.74) is 9.81. The van der Waals surface area contributed by atoms with Gasteiger partial charge in [0, 0.05) is 32.8 Å². The Morgan fingerprint density at radius 1 is 0.513 bits per heavy atom. The van der Waals surface area contributed by atoms with E-state index in [0.717, 1.165) is 38.8 Å². The predicted molar refractivity (Wildman–Crippen MR) is 164 cm³/mol. The Kier molecular flexibility index (Phi) is 4.65. The normalized spacial score (nSPS) is 11.8. The van der Waals surface area contributed by atoms with Crippen LogP contribution in [0.3, 0.4) is 0 Å². The standard InChI is InChI=1S/C36H25N3/c1-22-14-16-28-30(18-22)31-19-23(2)15-17-29(31)36-35(28)37-21-32(38-36)24-8-7-9-25(20-24)39-33-12-5-3-10-26(33)27-11-4-6-13-34(27)39/h3-21H,1-2H3. The number of aromatic nitrogens is 3. The summed E-state index contributed by atoms with van der Waals surface area (Å²) in [5, 5.41) is 7.26. The van der Waals surface area contributed by atoms with Gasteiger partial charge in [0.05, 0.1) is 34.0 Å². The van der Waals surface area contributed by atoms with Gasteiger partial charge in [-0.25, -0.2) is 4.98 Å². The van der Waals surface area contributed by atoms with Gasteiger partial charge in [-0.15, -0.1) is 0 Å². The summed E-state index contributed by atoms with van der Waals surface area (Å²) < 4.78 is 2.34. The van der Waals surface area contributed by atoms with Gasteiger partial charge in [-0.3, -0.25) is 4.98 Å². The maximum Gasteiger partial charge on any atom is 0.0979 e. The second kappa shape index (κ2) is 8.24. The van der Waals surface area contributed by atoms with Crippen LogP contribution in [0.25, 0.3) is 71.3 Å². The molecule has 0 radical (unpaired) electrons. The van der Waals surface area contributed by atoms with Crippen LogP contribution in [-0.2, 0) is 0 Å². The van der Waals surface area contributed by atoms with Gasteiger partial charge in [-0.05, 0) is 48.9 Å². The molecule has 0 amide bonds. The number of benzene rings is 6. The molecule has 0 N–H and O–H groups in total. The molecule has 0 atom stereocenters. The molecule has 0 spiro atoms. The highest BCUT2D eigenvalue weighted by Gasteiger charge is 2.15. The van der Waals surface area contributed by atoms with Gasteiger partial charge in [-0.2, -0.15) is 0 Å². The highest BCUT2D eigenvalue weighted by molar-refractivity contribution is 6.23. The smallest absolute Gasteiger partial charge is 0.0979 e. The zero-order chi connectivity index (χ0) is 26.1. The number of para-hydroxylation sites is 2. The number of fused-ring (bicyclic) bond motifs is 9. The van der Waals surface area contributed by atoms with Crippen LogP contribution in [0.4, 0.5) is 0 Å². The molecule has 2 heterocycles. The highest BCUT2D eigenvalue weighted by Crippen LogP contribution is 2.36. The lowest BCUT2D eigenvalue weighted by atomic mass is 9.96. The van der Waals surface area contributed by atoms with Crippen molar-refractivity contribution in [1.29, 1.82) is 0 Å². The monoisotopic (exact) mass is 499 g/mol. The number of hydrogen-bond donors (Lipinski definition) is 0. The quantitative estimate of drug-likeness (QED) is 0.222. The van der Waals surface area contributed by atoms with Crippen LogP contribution in [0.15, 0.2) is 115 Å². The van der Waals surface area contributed by atoms with Crippen molar-refractivity contribution in [3.8, 4) is 16.9 Å². The molecule has 3 heteroatoms. The third-order valence-electron chi connectivity index (χ3n) is 7.90. The van der Waals surface area contributed by atoms with Crippen LogP contribution in [0.1, 0.15) is 11.1 Å². The van der Waals surface area contributed by atoms with E-state index < -0.39 is 0 Å². The van der Waals surface area contributed by atoms with E-state index >= 15 is 0 Å². The van der Waals surface area contributed by atoms with Gasteiger partial charge in [0.25, 0.3) is 0 Å². The zero-order valence-corrected chi connectivity index (χ0v) is 21.8. The molecule has 2 aromatic heterocycles. The minimum absolute atomic E-state index is 0.874. The lowest BCUT2D eigenvalue weighted by Gasteiger charge is -2.13. The van der Waals surface area contributed by atoms with Crippen molar-refractivity contribution >= 4 is 54.4 Å². The predicted octanol–water partition coefficient (Wildman–Crippen LogP) is 9.32. The van der Waals surface area contributed by atoms with E-state index in [0.29, 0.717) is 0 Å². The minimum atomic E-state index is 0.874. The lowest BCUT2D eigenvalue weighted by Crippen LogP contribution is -1.96. The van der Waals surface area contributed by atoms with Crippen molar-refractivity contribution in [2.75, 3.05) is 0 Å². The zero-order valence-electron chi connectivity index (χ0n) is 21.8. The Bertz CT molecular complexity index is 2200. The number of hydrogen-bond acceptors (Lipinski definition) is 2. The largest absolute Gasteiger partial charge is 0.309 e. The average molecular weight is 500 g/mol. The minimum Gasteiger partial charge on any atom is -0.309 e. The molecular weight excluding hydrogens is 474 g/mol. The second-order valence-corrected chi connectivity index (χ2v) is 10.5. The summed E-state index contributed by atoms with van der Waals surface area (Å²) in [7, 11) is 0. The van der Waals surface area contributed by atoms with Crippen LogP contribution in [0.2, 0.25) is 0 Å². The molecule has 3 nitrogen and oxygen atoms in total. The lowest BCUT2D eigenvalue weighted by molar-refractivity contribution is 1.18. The van der Waals surface area contributed by atoms with E-state index in [1.807, 2.05) is 6.20 Å². The summed E-state index contributed by atoms with van der Waals surface area (Å²) in [6.07, 6.45) is 1.92. The summed E-state index contributed by atoms with van der Waals surface area (Å²) in [4.78, 5) is 10.3. The van der Waals surface area contributed by atoms with E-state index in [4.69, 9.17) is 9.97 Å². The Hall–Kier alpha value is -5.02. The van der Waals surface area contributed by atoms with Crippen LogP contribution < -0.4 is 0 Å². The van der Waals surface area contributed by atoms with E-state index in [2.05, 4.69) is 128 Å². The van der Waals surface area contributed by atoms with Crippen molar-refractivity contribution in [3.05, 3.63) is 127 Å². The Morgan fingerprint density at radius 3 is 1.79 bits per heavy atom. The Morgan fingerprint density at radius 2 is 1.13 bits per heavy atom. The Balaban J connectivity index is 1.38. The van der Waals surface area contributed by atoms with Gasteiger partial charge in [0.15, 0.2) is 0 Å². The topological polar surface area (TPSA) is 30.7 Å². The number of rotatable bonds is 2. The van der Waals surface area contributed by atoms with E-state index in [1.54, 1.807) is 0 Å². The fourth-order valence-corrected chi connectivity index (χ4v) is 6.09. The number of aryl methyl sites for hydroxylation is 2. The first-order valence-electron chi connectivity index (χ1n) is 13.3. The van der Waals surface area contributed by atoms with Gasteiger partial charge in [-0.1, -0.05) is 96.1 Å². The molecule has 184 valence electrons. The van der Waals surface area contributed by atoms with Crippen molar-refractivity contribution in [1.82, 2.24) is 14.5 Å². The van der Waals surface area contributed by atoms with Crippen molar-refractivity contribution in [2.24, 2.45) is 0 Å². The van der Waals surface area contributed by atoms with E-state index in [-0.39, 0.29) is 0 Å². The van der Waals surface area contributed by atoms with Crippen LogP contribution >= 0.6 is 0 Å². The van der Waals surface area contributed by atoms with Gasteiger partial charge < -0.3 is 4.57 Å². The van der Waals surface area contributed by atoms with Crippen molar-refractivity contribution in [2.45, 2.75) is 13.8 Å². The summed E-state index contributed by atoms with van der Waals surface area (Å²) in [5.74, 6) is 0. The molecule has 39 heavy (non-hydrogen) atoms. The molecule has 0 saturated carbocycles. The second-order valence-electron chi connectivity index (χ2n) is 10.5. The molecule has 0 aliphatic rings. The fraction of sp³-hybridized carbons (Fsp3) is 0.0556. The maximum absolute atomic E-state index is 5.25. The summed E-state index contributed by atoms with van der Waals surface area (Å²) >= 11 is 0. The van der Waals surface area contributed by atoms with E-state index in [1.165, 1.54) is 43.7 Å². The van der Waals surface area contributed by atoms with Gasteiger partial charge >= 0.3 is 0 Å². The first-order chi connectivity index (χ1) is 19.2.